The van der Waals surface area contributed by atoms with E-state index < -0.39 is 0 Å². The Morgan fingerprint density at radius 3 is 2.65 bits per heavy atom. The van der Waals surface area contributed by atoms with Gasteiger partial charge in [0.15, 0.2) is 5.78 Å². The molecule has 1 saturated heterocycles. The maximum Gasteiger partial charge on any atom is 0.166 e. The highest BCUT2D eigenvalue weighted by Crippen LogP contribution is 2.21. The van der Waals surface area contributed by atoms with Crippen LogP contribution in [-0.2, 0) is 6.42 Å². The molecule has 2 heterocycles. The number of benzene rings is 1. The third kappa shape index (κ3) is 4.26. The average Bonchev–Trinajstić information content (AvgIpc) is 2.61. The highest BCUT2D eigenvalue weighted by molar-refractivity contribution is 5.97. The van der Waals surface area contributed by atoms with Crippen LogP contribution in [0.4, 0.5) is 0 Å². The Kier molecular flexibility index (Phi) is 5.19. The standard InChI is InChI=1S/C20H23N2O/c1-16-6-5-9-19(21-16)12-15-22-13-10-18(11-14-22)20(23)17-7-3-2-4-8-17/h3-9,18H,10-15H2,1H3. The lowest BCUT2D eigenvalue weighted by atomic mass is 9.89. The number of pyridine rings is 1. The number of carbonyl (C=O) groups is 1. The first kappa shape index (κ1) is 15.9. The van der Waals surface area contributed by atoms with Gasteiger partial charge in [0.05, 0.1) is 0 Å². The van der Waals surface area contributed by atoms with Crippen molar-refractivity contribution in [3.8, 4) is 0 Å². The molecule has 0 atom stereocenters. The van der Waals surface area contributed by atoms with E-state index in [0.29, 0.717) is 5.78 Å². The van der Waals surface area contributed by atoms with Crippen LogP contribution >= 0.6 is 0 Å². The SMILES string of the molecule is Cc1cccc(CCN2CCC(C(=O)c3cc[c]cc3)CC2)n1. The minimum absolute atomic E-state index is 0.172. The Bertz CT molecular complexity index is 646. The number of hydrogen-bond donors (Lipinski definition) is 0. The van der Waals surface area contributed by atoms with E-state index in [9.17, 15) is 4.79 Å². The van der Waals surface area contributed by atoms with Gasteiger partial charge in [0, 0.05) is 35.8 Å². The van der Waals surface area contributed by atoms with Crippen LogP contribution in [0.1, 0.15) is 34.6 Å². The molecular weight excluding hydrogens is 284 g/mol. The molecule has 3 rings (SSSR count). The van der Waals surface area contributed by atoms with Gasteiger partial charge >= 0.3 is 0 Å². The van der Waals surface area contributed by atoms with Crippen LogP contribution in [0.2, 0.25) is 0 Å². The first-order valence-electron chi connectivity index (χ1n) is 8.37. The van der Waals surface area contributed by atoms with Gasteiger partial charge in [-0.2, -0.15) is 0 Å². The predicted molar refractivity (Wildman–Crippen MR) is 91.5 cm³/mol. The van der Waals surface area contributed by atoms with Crippen molar-refractivity contribution in [3.05, 3.63) is 65.5 Å². The van der Waals surface area contributed by atoms with Crippen molar-refractivity contribution in [2.75, 3.05) is 19.6 Å². The molecule has 119 valence electrons. The van der Waals surface area contributed by atoms with E-state index in [4.69, 9.17) is 0 Å². The smallest absolute Gasteiger partial charge is 0.166 e. The molecule has 0 N–H and O–H groups in total. The second-order valence-corrected chi connectivity index (χ2v) is 6.29. The van der Waals surface area contributed by atoms with E-state index in [-0.39, 0.29) is 5.92 Å². The normalized spacial score (nSPS) is 16.4. The second kappa shape index (κ2) is 7.51. The van der Waals surface area contributed by atoms with Crippen molar-refractivity contribution >= 4 is 5.78 Å². The highest BCUT2D eigenvalue weighted by atomic mass is 16.1. The molecule has 0 aliphatic carbocycles. The van der Waals surface area contributed by atoms with Crippen molar-refractivity contribution in [1.29, 1.82) is 0 Å². The summed E-state index contributed by atoms with van der Waals surface area (Å²) in [5, 5.41) is 0. The van der Waals surface area contributed by atoms with Crippen LogP contribution in [0.15, 0.2) is 42.5 Å². The zero-order valence-corrected chi connectivity index (χ0v) is 13.7. The maximum absolute atomic E-state index is 12.5. The molecule has 1 fully saturated rings. The summed E-state index contributed by atoms with van der Waals surface area (Å²) < 4.78 is 0. The number of ketones is 1. The minimum atomic E-state index is 0.172. The van der Waals surface area contributed by atoms with Crippen LogP contribution < -0.4 is 0 Å². The molecule has 0 spiro atoms. The fraction of sp³-hybridized carbons (Fsp3) is 0.400. The monoisotopic (exact) mass is 307 g/mol. The minimum Gasteiger partial charge on any atom is -0.303 e. The van der Waals surface area contributed by atoms with Gasteiger partial charge in [0.25, 0.3) is 0 Å². The third-order valence-electron chi connectivity index (χ3n) is 4.59. The summed E-state index contributed by atoms with van der Waals surface area (Å²) in [5.74, 6) is 0.463. The van der Waals surface area contributed by atoms with Gasteiger partial charge in [0.2, 0.25) is 0 Å². The molecule has 1 radical (unpaired) electrons. The Hall–Kier alpha value is -2.00. The second-order valence-electron chi connectivity index (χ2n) is 6.29. The summed E-state index contributed by atoms with van der Waals surface area (Å²) in [6.45, 7) is 5.06. The first-order valence-corrected chi connectivity index (χ1v) is 8.37. The zero-order chi connectivity index (χ0) is 16.1. The number of hydrogen-bond acceptors (Lipinski definition) is 3. The molecular formula is C20H23N2O. The quantitative estimate of drug-likeness (QED) is 0.794. The molecule has 3 heteroatoms. The Morgan fingerprint density at radius 2 is 1.96 bits per heavy atom. The summed E-state index contributed by atoms with van der Waals surface area (Å²) in [4.78, 5) is 19.5. The fourth-order valence-electron chi connectivity index (χ4n) is 3.22. The van der Waals surface area contributed by atoms with E-state index in [2.05, 4.69) is 28.1 Å². The highest BCUT2D eigenvalue weighted by Gasteiger charge is 2.25. The van der Waals surface area contributed by atoms with Crippen LogP contribution in [0, 0.1) is 18.9 Å². The zero-order valence-electron chi connectivity index (χ0n) is 13.7. The predicted octanol–water partition coefficient (Wildman–Crippen LogP) is 3.33. The van der Waals surface area contributed by atoms with Gasteiger partial charge in [-0.25, -0.2) is 0 Å². The summed E-state index contributed by atoms with van der Waals surface area (Å²) in [6, 6.07) is 16.5. The van der Waals surface area contributed by atoms with Gasteiger partial charge in [0.1, 0.15) is 0 Å². The number of carbonyl (C=O) groups excluding carboxylic acids is 1. The molecule has 2 aromatic rings. The fourth-order valence-corrected chi connectivity index (χ4v) is 3.22. The number of piperidine rings is 1. The van der Waals surface area contributed by atoms with E-state index in [1.165, 1.54) is 0 Å². The largest absolute Gasteiger partial charge is 0.303 e. The van der Waals surface area contributed by atoms with E-state index >= 15 is 0 Å². The average molecular weight is 307 g/mol. The van der Waals surface area contributed by atoms with E-state index in [1.54, 1.807) is 0 Å². The van der Waals surface area contributed by atoms with E-state index in [0.717, 1.165) is 55.8 Å². The van der Waals surface area contributed by atoms with Gasteiger partial charge < -0.3 is 4.90 Å². The number of nitrogens with zero attached hydrogens (tertiary/aromatic N) is 2. The van der Waals surface area contributed by atoms with Crippen LogP contribution in [0.3, 0.4) is 0 Å². The summed E-state index contributed by atoms with van der Waals surface area (Å²) in [7, 11) is 0. The van der Waals surface area contributed by atoms with Crippen molar-refractivity contribution in [3.63, 3.8) is 0 Å². The Labute approximate surface area is 138 Å². The molecule has 1 aliphatic heterocycles. The van der Waals surface area contributed by atoms with Crippen molar-refractivity contribution in [2.24, 2.45) is 5.92 Å². The summed E-state index contributed by atoms with van der Waals surface area (Å²) in [6.07, 6.45) is 2.90. The topological polar surface area (TPSA) is 33.2 Å². The lowest BCUT2D eigenvalue weighted by molar-refractivity contribution is 0.0841. The van der Waals surface area contributed by atoms with Gasteiger partial charge in [-0.15, -0.1) is 0 Å². The molecule has 0 unspecified atom stereocenters. The number of Topliss-reactive ketones (excluding diaryl/α,β-unsaturated/α-hetero) is 1. The molecule has 23 heavy (non-hydrogen) atoms. The van der Waals surface area contributed by atoms with Crippen molar-refractivity contribution in [1.82, 2.24) is 9.88 Å². The molecule has 1 aromatic heterocycles. The number of rotatable bonds is 5. The van der Waals surface area contributed by atoms with Gasteiger partial charge in [-0.05, 0) is 51.1 Å². The molecule has 0 bridgehead atoms. The van der Waals surface area contributed by atoms with Crippen LogP contribution in [-0.4, -0.2) is 35.3 Å². The van der Waals surface area contributed by atoms with Crippen molar-refractivity contribution in [2.45, 2.75) is 26.2 Å². The lowest BCUT2D eigenvalue weighted by Gasteiger charge is -2.31. The summed E-state index contributed by atoms with van der Waals surface area (Å²) in [5.41, 5.74) is 3.06. The number of aromatic nitrogens is 1. The van der Waals surface area contributed by atoms with Crippen molar-refractivity contribution < 1.29 is 4.79 Å². The summed E-state index contributed by atoms with van der Waals surface area (Å²) >= 11 is 0. The van der Waals surface area contributed by atoms with Gasteiger partial charge in [-0.1, -0.05) is 30.3 Å². The Balaban J connectivity index is 1.48. The molecule has 1 aromatic carbocycles. The van der Waals surface area contributed by atoms with Crippen LogP contribution in [0.5, 0.6) is 0 Å². The number of aryl methyl sites for hydroxylation is 1. The molecule has 3 nitrogen and oxygen atoms in total. The lowest BCUT2D eigenvalue weighted by Crippen LogP contribution is -2.37. The Morgan fingerprint density at radius 1 is 1.22 bits per heavy atom. The molecule has 0 amide bonds. The first-order chi connectivity index (χ1) is 11.2. The van der Waals surface area contributed by atoms with E-state index in [1.807, 2.05) is 37.3 Å². The third-order valence-corrected chi connectivity index (χ3v) is 4.59. The molecule has 1 aliphatic rings. The number of likely N-dealkylation sites (tertiary alicyclic amines) is 1. The van der Waals surface area contributed by atoms with Gasteiger partial charge in [-0.3, -0.25) is 9.78 Å². The maximum atomic E-state index is 12.5. The molecule has 0 saturated carbocycles. The van der Waals surface area contributed by atoms with Crippen LogP contribution in [0.25, 0.3) is 0 Å².